The van der Waals surface area contributed by atoms with Crippen molar-refractivity contribution in [3.05, 3.63) is 105 Å². The van der Waals surface area contributed by atoms with Gasteiger partial charge in [-0.05, 0) is 53.8 Å². The first-order valence-corrected chi connectivity index (χ1v) is 15.2. The first-order valence-electron chi connectivity index (χ1n) is 13.3. The van der Waals surface area contributed by atoms with Crippen molar-refractivity contribution < 1.29 is 14.0 Å². The minimum Gasteiger partial charge on any atom is -0.352 e. The molecular weight excluding hydrogens is 554 g/mol. The van der Waals surface area contributed by atoms with Crippen molar-refractivity contribution in [3.63, 3.8) is 0 Å². The number of hydrogen-bond donors (Lipinski definition) is 1. The zero-order valence-corrected chi connectivity index (χ0v) is 24.1. The van der Waals surface area contributed by atoms with Crippen LogP contribution >= 0.6 is 35.0 Å². The summed E-state index contributed by atoms with van der Waals surface area (Å²) in [5.41, 5.74) is 2.62. The van der Waals surface area contributed by atoms with Gasteiger partial charge in [-0.15, -0.1) is 11.8 Å². The van der Waals surface area contributed by atoms with E-state index in [-0.39, 0.29) is 36.0 Å². The Morgan fingerprint density at radius 2 is 1.67 bits per heavy atom. The second-order valence-electron chi connectivity index (χ2n) is 9.93. The molecule has 3 aromatic carbocycles. The molecule has 3 aromatic rings. The van der Waals surface area contributed by atoms with Crippen LogP contribution in [0.3, 0.4) is 0 Å². The number of amides is 2. The molecule has 206 valence electrons. The Labute approximate surface area is 244 Å². The van der Waals surface area contributed by atoms with Crippen molar-refractivity contribution >= 4 is 46.8 Å². The van der Waals surface area contributed by atoms with E-state index < -0.39 is 6.04 Å². The van der Waals surface area contributed by atoms with Gasteiger partial charge in [0.05, 0.1) is 5.75 Å². The molecule has 2 amide bonds. The van der Waals surface area contributed by atoms with E-state index in [4.69, 9.17) is 23.2 Å². The molecule has 1 saturated carbocycles. The predicted molar refractivity (Wildman–Crippen MR) is 159 cm³/mol. The summed E-state index contributed by atoms with van der Waals surface area (Å²) in [6, 6.07) is 20.6. The van der Waals surface area contributed by atoms with Crippen LogP contribution in [0, 0.1) is 5.82 Å². The number of nitrogens with one attached hydrogen (secondary N) is 1. The standard InChI is InChI=1S/C31H33Cl2FN2O2S/c32-25-14-13-24(28(33)18-25)20-39-21-30(37)36(19-23-11-15-26(34)16-12-23)29(17-22-7-3-1-4-8-22)31(38)35-27-9-5-2-6-10-27/h1,3-4,7-8,11-16,18,27,29H,2,5-6,9-10,17,19-21H2,(H,35,38)/t29-/m1/s1. The Morgan fingerprint density at radius 3 is 2.36 bits per heavy atom. The Bertz CT molecular complexity index is 1240. The van der Waals surface area contributed by atoms with Crippen LogP contribution in [-0.2, 0) is 28.3 Å². The molecule has 0 aromatic heterocycles. The smallest absolute Gasteiger partial charge is 0.243 e. The Hall–Kier alpha value is -2.54. The predicted octanol–water partition coefficient (Wildman–Crippen LogP) is 7.45. The molecule has 1 fully saturated rings. The van der Waals surface area contributed by atoms with E-state index in [0.29, 0.717) is 22.2 Å². The summed E-state index contributed by atoms with van der Waals surface area (Å²) >= 11 is 13.8. The average molecular weight is 588 g/mol. The van der Waals surface area contributed by atoms with Crippen LogP contribution in [0.4, 0.5) is 4.39 Å². The highest BCUT2D eigenvalue weighted by Crippen LogP contribution is 2.26. The van der Waals surface area contributed by atoms with Crippen LogP contribution in [0.1, 0.15) is 48.8 Å². The van der Waals surface area contributed by atoms with Crippen molar-refractivity contribution in [2.75, 3.05) is 5.75 Å². The molecule has 4 rings (SSSR count). The second kappa shape index (κ2) is 14.7. The third-order valence-corrected chi connectivity index (χ3v) is 8.54. The van der Waals surface area contributed by atoms with Gasteiger partial charge in [-0.2, -0.15) is 0 Å². The lowest BCUT2D eigenvalue weighted by Crippen LogP contribution is -2.53. The third-order valence-electron chi connectivity index (χ3n) is 6.99. The first kappa shape index (κ1) is 29.4. The van der Waals surface area contributed by atoms with Crippen LogP contribution in [0.2, 0.25) is 10.0 Å². The number of benzene rings is 3. The van der Waals surface area contributed by atoms with Crippen molar-refractivity contribution in [2.45, 2.75) is 62.9 Å². The highest BCUT2D eigenvalue weighted by atomic mass is 35.5. The molecular formula is C31H33Cl2FN2O2S. The first-order chi connectivity index (χ1) is 18.9. The van der Waals surface area contributed by atoms with Gasteiger partial charge in [0.2, 0.25) is 11.8 Å². The van der Waals surface area contributed by atoms with Crippen LogP contribution in [0.15, 0.2) is 72.8 Å². The molecule has 0 spiro atoms. The van der Waals surface area contributed by atoms with Crippen molar-refractivity contribution in [1.82, 2.24) is 10.2 Å². The molecule has 0 bridgehead atoms. The normalized spacial score (nSPS) is 14.5. The fraction of sp³-hybridized carbons (Fsp3) is 0.355. The lowest BCUT2D eigenvalue weighted by Gasteiger charge is -2.33. The van der Waals surface area contributed by atoms with E-state index in [1.807, 2.05) is 36.4 Å². The zero-order valence-electron chi connectivity index (χ0n) is 21.8. The van der Waals surface area contributed by atoms with Crippen molar-refractivity contribution in [2.24, 2.45) is 0 Å². The van der Waals surface area contributed by atoms with E-state index in [2.05, 4.69) is 5.32 Å². The Morgan fingerprint density at radius 1 is 0.949 bits per heavy atom. The maximum Gasteiger partial charge on any atom is 0.243 e. The summed E-state index contributed by atoms with van der Waals surface area (Å²) in [6.45, 7) is 0.205. The Balaban J connectivity index is 1.56. The summed E-state index contributed by atoms with van der Waals surface area (Å²) in [5, 5.41) is 4.35. The van der Waals surface area contributed by atoms with E-state index in [1.165, 1.54) is 30.3 Å². The summed E-state index contributed by atoms with van der Waals surface area (Å²) in [7, 11) is 0. The SMILES string of the molecule is O=C(NC1CCCCC1)[C@@H](Cc1ccccc1)N(Cc1ccc(F)cc1)C(=O)CSCc1ccc(Cl)cc1Cl. The molecule has 0 heterocycles. The highest BCUT2D eigenvalue weighted by Gasteiger charge is 2.31. The molecule has 4 nitrogen and oxygen atoms in total. The lowest BCUT2D eigenvalue weighted by molar-refractivity contribution is -0.139. The van der Waals surface area contributed by atoms with Gasteiger partial charge in [-0.3, -0.25) is 9.59 Å². The van der Waals surface area contributed by atoms with Gasteiger partial charge in [0, 0.05) is 34.8 Å². The van der Waals surface area contributed by atoms with Crippen molar-refractivity contribution in [3.8, 4) is 0 Å². The quantitative estimate of drug-likeness (QED) is 0.254. The van der Waals surface area contributed by atoms with Gasteiger partial charge in [0.15, 0.2) is 0 Å². The average Bonchev–Trinajstić information content (AvgIpc) is 2.94. The fourth-order valence-corrected chi connectivity index (χ4v) is 6.32. The minimum atomic E-state index is -0.702. The molecule has 0 unspecified atom stereocenters. The number of thioether (sulfide) groups is 1. The van der Waals surface area contributed by atoms with Gasteiger partial charge in [-0.1, -0.05) is 91.0 Å². The topological polar surface area (TPSA) is 49.4 Å². The molecule has 1 aliphatic carbocycles. The van der Waals surface area contributed by atoms with E-state index in [1.54, 1.807) is 29.2 Å². The molecule has 0 radical (unpaired) electrons. The summed E-state index contributed by atoms with van der Waals surface area (Å²) < 4.78 is 13.6. The molecule has 1 N–H and O–H groups in total. The van der Waals surface area contributed by atoms with E-state index in [9.17, 15) is 14.0 Å². The number of rotatable bonds is 11. The maximum atomic E-state index is 13.8. The van der Waals surface area contributed by atoms with Gasteiger partial charge in [-0.25, -0.2) is 4.39 Å². The molecule has 8 heteroatoms. The number of halogens is 3. The second-order valence-corrected chi connectivity index (χ2v) is 11.8. The van der Waals surface area contributed by atoms with Crippen molar-refractivity contribution in [1.29, 1.82) is 0 Å². The summed E-state index contributed by atoms with van der Waals surface area (Å²) in [4.78, 5) is 29.2. The van der Waals surface area contributed by atoms with Gasteiger partial charge in [0.1, 0.15) is 11.9 Å². The molecule has 39 heavy (non-hydrogen) atoms. The highest BCUT2D eigenvalue weighted by molar-refractivity contribution is 7.99. The number of hydrogen-bond acceptors (Lipinski definition) is 3. The monoisotopic (exact) mass is 586 g/mol. The van der Waals surface area contributed by atoms with Gasteiger partial charge in [0.25, 0.3) is 0 Å². The fourth-order valence-electron chi connectivity index (χ4n) is 4.85. The van der Waals surface area contributed by atoms with E-state index >= 15 is 0 Å². The van der Waals surface area contributed by atoms with E-state index in [0.717, 1.165) is 42.4 Å². The van der Waals surface area contributed by atoms with Crippen LogP contribution in [-0.4, -0.2) is 34.6 Å². The van der Waals surface area contributed by atoms with Crippen LogP contribution in [0.25, 0.3) is 0 Å². The summed E-state index contributed by atoms with van der Waals surface area (Å²) in [6.07, 6.45) is 5.66. The maximum absolute atomic E-state index is 13.8. The third kappa shape index (κ3) is 8.99. The minimum absolute atomic E-state index is 0.119. The van der Waals surface area contributed by atoms with Gasteiger partial charge < -0.3 is 10.2 Å². The summed E-state index contributed by atoms with van der Waals surface area (Å²) in [5.74, 6) is 0.0512. The van der Waals surface area contributed by atoms with Crippen LogP contribution < -0.4 is 5.32 Å². The zero-order chi connectivity index (χ0) is 27.6. The molecule has 1 aliphatic rings. The largest absolute Gasteiger partial charge is 0.352 e. The van der Waals surface area contributed by atoms with Crippen LogP contribution in [0.5, 0.6) is 0 Å². The number of carbonyl (C=O) groups is 2. The lowest BCUT2D eigenvalue weighted by atomic mass is 9.94. The number of nitrogens with zero attached hydrogens (tertiary/aromatic N) is 1. The Kier molecular flexibility index (Phi) is 11.1. The molecule has 1 atom stereocenters. The molecule has 0 saturated heterocycles. The van der Waals surface area contributed by atoms with Gasteiger partial charge >= 0.3 is 0 Å². The number of carbonyl (C=O) groups excluding carboxylic acids is 2. The molecule has 0 aliphatic heterocycles.